The van der Waals surface area contributed by atoms with Gasteiger partial charge >= 0.3 is 12.0 Å². The molecule has 0 unspecified atom stereocenters. The highest BCUT2D eigenvalue weighted by Crippen LogP contribution is 2.27. The van der Waals surface area contributed by atoms with Gasteiger partial charge in [0, 0.05) is 25.7 Å². The molecule has 3 N–H and O–H groups in total. The topological polar surface area (TPSA) is 108 Å². The second-order valence-electron chi connectivity index (χ2n) is 6.60. The van der Waals surface area contributed by atoms with Gasteiger partial charge in [0.2, 0.25) is 0 Å². The Bertz CT molecular complexity index is 681. The number of hydrogen-bond acceptors (Lipinski definition) is 4. The summed E-state index contributed by atoms with van der Waals surface area (Å²) < 4.78 is 5.27. The van der Waals surface area contributed by atoms with Gasteiger partial charge < -0.3 is 25.4 Å². The van der Waals surface area contributed by atoms with E-state index in [1.54, 1.807) is 32.3 Å². The van der Waals surface area contributed by atoms with Crippen LogP contribution in [0.4, 0.5) is 10.5 Å². The van der Waals surface area contributed by atoms with Gasteiger partial charge in [-0.25, -0.2) is 4.79 Å². The van der Waals surface area contributed by atoms with Crippen LogP contribution < -0.4 is 15.4 Å². The molecule has 8 heteroatoms. The van der Waals surface area contributed by atoms with Gasteiger partial charge in [-0.15, -0.1) is 0 Å². The van der Waals surface area contributed by atoms with Crippen molar-refractivity contribution in [1.82, 2.24) is 10.2 Å². The summed E-state index contributed by atoms with van der Waals surface area (Å²) in [5.41, 5.74) is 0.921. The van der Waals surface area contributed by atoms with E-state index in [4.69, 9.17) is 9.84 Å². The Morgan fingerprint density at radius 1 is 1.15 bits per heavy atom. The van der Waals surface area contributed by atoms with Crippen molar-refractivity contribution in [2.24, 2.45) is 5.92 Å². The largest absolute Gasteiger partial charge is 0.495 e. The molecule has 0 atom stereocenters. The van der Waals surface area contributed by atoms with Crippen LogP contribution in [0.3, 0.4) is 0 Å². The van der Waals surface area contributed by atoms with Crippen LogP contribution in [-0.2, 0) is 4.79 Å². The Hall–Kier alpha value is -2.77. The minimum Gasteiger partial charge on any atom is -0.495 e. The van der Waals surface area contributed by atoms with E-state index in [0.29, 0.717) is 42.7 Å². The number of urea groups is 1. The molecule has 2 rings (SSSR count). The third-order valence-corrected chi connectivity index (χ3v) is 4.51. The van der Waals surface area contributed by atoms with E-state index < -0.39 is 5.97 Å². The zero-order chi connectivity index (χ0) is 19.3. The monoisotopic (exact) mass is 363 g/mol. The third-order valence-electron chi connectivity index (χ3n) is 4.51. The summed E-state index contributed by atoms with van der Waals surface area (Å²) in [6, 6.07) is 4.39. The minimum atomic E-state index is -0.773. The molecule has 1 saturated carbocycles. The molecule has 1 aromatic rings. The first-order valence-corrected chi connectivity index (χ1v) is 8.51. The van der Waals surface area contributed by atoms with Crippen LogP contribution in [0.25, 0.3) is 0 Å². The number of rotatable bonds is 5. The molecule has 142 valence electrons. The van der Waals surface area contributed by atoms with Gasteiger partial charge in [0.1, 0.15) is 5.75 Å². The smallest absolute Gasteiger partial charge is 0.319 e. The van der Waals surface area contributed by atoms with Crippen LogP contribution in [0, 0.1) is 5.92 Å². The maximum absolute atomic E-state index is 12.2. The first-order valence-electron chi connectivity index (χ1n) is 8.51. The second kappa shape index (κ2) is 8.55. The number of anilines is 1. The molecule has 0 spiro atoms. The molecule has 1 aliphatic carbocycles. The molecule has 0 aliphatic heterocycles. The molecular weight excluding hydrogens is 338 g/mol. The van der Waals surface area contributed by atoms with Gasteiger partial charge in [0.25, 0.3) is 5.91 Å². The standard InChI is InChI=1S/C18H25N3O5/c1-21(2)16(22)12-6-9-14(15(10-12)26-3)20-18(25)19-13-7-4-11(5-8-13)17(23)24/h6,9-11,13H,4-5,7-8H2,1-3H3,(H,23,24)(H2,19,20,25). The second-order valence-corrected chi connectivity index (χ2v) is 6.60. The van der Waals surface area contributed by atoms with Crippen molar-refractivity contribution in [1.29, 1.82) is 0 Å². The van der Waals surface area contributed by atoms with E-state index in [-0.39, 0.29) is 23.9 Å². The molecule has 8 nitrogen and oxygen atoms in total. The van der Waals surface area contributed by atoms with Crippen molar-refractivity contribution >= 4 is 23.6 Å². The van der Waals surface area contributed by atoms with Crippen LogP contribution >= 0.6 is 0 Å². The van der Waals surface area contributed by atoms with Gasteiger partial charge in [-0.2, -0.15) is 0 Å². The number of benzene rings is 1. The number of ether oxygens (including phenoxy) is 1. The van der Waals surface area contributed by atoms with Gasteiger partial charge in [0.15, 0.2) is 0 Å². The van der Waals surface area contributed by atoms with E-state index in [0.717, 1.165) is 0 Å². The van der Waals surface area contributed by atoms with E-state index in [9.17, 15) is 14.4 Å². The molecule has 0 aromatic heterocycles. The fraction of sp³-hybridized carbons (Fsp3) is 0.500. The summed E-state index contributed by atoms with van der Waals surface area (Å²) in [6.45, 7) is 0. The number of hydrogen-bond donors (Lipinski definition) is 3. The number of amides is 3. The van der Waals surface area contributed by atoms with Crippen molar-refractivity contribution in [3.05, 3.63) is 23.8 Å². The maximum atomic E-state index is 12.2. The van der Waals surface area contributed by atoms with Crippen LogP contribution in [-0.4, -0.2) is 55.2 Å². The van der Waals surface area contributed by atoms with E-state index in [1.807, 2.05) is 0 Å². The maximum Gasteiger partial charge on any atom is 0.319 e. The summed E-state index contributed by atoms with van der Waals surface area (Å²) in [5.74, 6) is -0.861. The SMILES string of the molecule is COc1cc(C(=O)N(C)C)ccc1NC(=O)NC1CCC(C(=O)O)CC1. The minimum absolute atomic E-state index is 0.0498. The van der Waals surface area contributed by atoms with Crippen molar-refractivity contribution in [2.75, 3.05) is 26.5 Å². The number of carboxylic acids is 1. The fourth-order valence-electron chi connectivity index (χ4n) is 3.01. The summed E-state index contributed by atoms with van der Waals surface area (Å²) in [7, 11) is 4.79. The van der Waals surface area contributed by atoms with Gasteiger partial charge in [0.05, 0.1) is 18.7 Å². The van der Waals surface area contributed by atoms with Crippen LogP contribution in [0.2, 0.25) is 0 Å². The quantitative estimate of drug-likeness (QED) is 0.743. The first-order chi connectivity index (χ1) is 12.3. The molecule has 0 heterocycles. The average molecular weight is 363 g/mol. The lowest BCUT2D eigenvalue weighted by Crippen LogP contribution is -2.41. The number of nitrogens with one attached hydrogen (secondary N) is 2. The molecule has 1 aliphatic rings. The molecule has 3 amide bonds. The zero-order valence-electron chi connectivity index (χ0n) is 15.2. The molecule has 26 heavy (non-hydrogen) atoms. The lowest BCUT2D eigenvalue weighted by molar-refractivity contribution is -0.142. The number of carboxylic acid groups (broad SMARTS) is 1. The number of carbonyl (C=O) groups is 3. The van der Waals surface area contributed by atoms with Gasteiger partial charge in [-0.05, 0) is 43.9 Å². The summed E-state index contributed by atoms with van der Waals surface area (Å²) in [5, 5.41) is 14.6. The summed E-state index contributed by atoms with van der Waals surface area (Å²) in [4.78, 5) is 36.7. The highest BCUT2D eigenvalue weighted by atomic mass is 16.5. The van der Waals surface area contributed by atoms with Crippen molar-refractivity contribution in [3.63, 3.8) is 0 Å². The molecular formula is C18H25N3O5. The van der Waals surface area contributed by atoms with Crippen molar-refractivity contribution < 1.29 is 24.2 Å². The Morgan fingerprint density at radius 3 is 2.35 bits per heavy atom. The Kier molecular flexibility index (Phi) is 6.43. The van der Waals surface area contributed by atoms with Crippen LogP contribution in [0.15, 0.2) is 18.2 Å². The Morgan fingerprint density at radius 2 is 1.81 bits per heavy atom. The number of nitrogens with zero attached hydrogens (tertiary/aromatic N) is 1. The average Bonchev–Trinajstić information content (AvgIpc) is 2.61. The molecule has 0 bridgehead atoms. The summed E-state index contributed by atoms with van der Waals surface area (Å²) >= 11 is 0. The van der Waals surface area contributed by atoms with Crippen molar-refractivity contribution in [2.45, 2.75) is 31.7 Å². The molecule has 1 aromatic carbocycles. The Labute approximate surface area is 152 Å². The predicted molar refractivity (Wildman–Crippen MR) is 96.5 cm³/mol. The zero-order valence-corrected chi connectivity index (χ0v) is 15.2. The highest BCUT2D eigenvalue weighted by molar-refractivity contribution is 5.96. The number of methoxy groups -OCH3 is 1. The lowest BCUT2D eigenvalue weighted by atomic mass is 9.86. The normalized spacial score (nSPS) is 19.3. The van der Waals surface area contributed by atoms with Crippen LogP contribution in [0.5, 0.6) is 5.75 Å². The lowest BCUT2D eigenvalue weighted by Gasteiger charge is -2.27. The fourth-order valence-corrected chi connectivity index (χ4v) is 3.01. The third kappa shape index (κ3) is 4.87. The highest BCUT2D eigenvalue weighted by Gasteiger charge is 2.26. The van der Waals surface area contributed by atoms with Gasteiger partial charge in [-0.3, -0.25) is 9.59 Å². The van der Waals surface area contributed by atoms with Crippen molar-refractivity contribution in [3.8, 4) is 5.75 Å². The van der Waals surface area contributed by atoms with E-state index in [1.165, 1.54) is 12.0 Å². The van der Waals surface area contributed by atoms with Gasteiger partial charge in [-0.1, -0.05) is 0 Å². The van der Waals surface area contributed by atoms with E-state index >= 15 is 0 Å². The number of aliphatic carboxylic acids is 1. The number of carbonyl (C=O) groups excluding carboxylic acids is 2. The predicted octanol–water partition coefficient (Wildman–Crippen LogP) is 2.16. The first kappa shape index (κ1) is 19.6. The van der Waals surface area contributed by atoms with Crippen LogP contribution in [0.1, 0.15) is 36.0 Å². The molecule has 0 saturated heterocycles. The van der Waals surface area contributed by atoms with E-state index in [2.05, 4.69) is 10.6 Å². The summed E-state index contributed by atoms with van der Waals surface area (Å²) in [6.07, 6.45) is 2.39. The Balaban J connectivity index is 1.96. The molecule has 1 fully saturated rings. The molecule has 0 radical (unpaired) electrons.